The number of carbonyl (C=O) groups is 2. The summed E-state index contributed by atoms with van der Waals surface area (Å²) < 4.78 is 0. The first kappa shape index (κ1) is 6.55. The summed E-state index contributed by atoms with van der Waals surface area (Å²) in [5, 5.41) is 0. The van der Waals surface area contributed by atoms with Crippen LogP contribution in [0.1, 0.15) is 19.3 Å². The molecule has 0 aliphatic heterocycles. The van der Waals surface area contributed by atoms with Gasteiger partial charge in [-0.3, -0.25) is 9.59 Å². The van der Waals surface area contributed by atoms with Crippen molar-refractivity contribution in [1.29, 1.82) is 0 Å². The number of hydrogen-bond donors (Lipinski definition) is 0. The maximum Gasteiger partial charge on any atom is 0.203 e. The van der Waals surface area contributed by atoms with E-state index in [2.05, 4.69) is 0 Å². The molecule has 48 valence electrons. The van der Waals surface area contributed by atoms with Crippen LogP contribution in [0.2, 0.25) is 0 Å². The van der Waals surface area contributed by atoms with Gasteiger partial charge in [0.25, 0.3) is 0 Å². The molecule has 1 rings (SSSR count). The highest BCUT2D eigenvalue weighted by atomic mass is 32.1. The molecule has 0 radical (unpaired) electrons. The maximum absolute atomic E-state index is 10.6. The standard InChI is InChI=1S/C6H6O2S/c7-5-2-1-4(9)3-6(5)8/h1-3H2. The van der Waals surface area contributed by atoms with Gasteiger partial charge in [-0.2, -0.15) is 0 Å². The predicted octanol–water partition coefficient (Wildman–Crippen LogP) is 0.678. The molecule has 2 nitrogen and oxygen atoms in total. The van der Waals surface area contributed by atoms with Crippen LogP contribution in [-0.2, 0) is 9.59 Å². The van der Waals surface area contributed by atoms with Crippen molar-refractivity contribution in [3.8, 4) is 0 Å². The second-order valence-electron chi connectivity index (χ2n) is 2.06. The Balaban J connectivity index is 2.64. The molecule has 9 heavy (non-hydrogen) atoms. The highest BCUT2D eigenvalue weighted by molar-refractivity contribution is 7.80. The molecule has 0 aromatic heterocycles. The van der Waals surface area contributed by atoms with Gasteiger partial charge < -0.3 is 0 Å². The third kappa shape index (κ3) is 1.42. The van der Waals surface area contributed by atoms with E-state index < -0.39 is 0 Å². The minimum Gasteiger partial charge on any atom is -0.291 e. The molecule has 1 saturated carbocycles. The lowest BCUT2D eigenvalue weighted by Gasteiger charge is -2.06. The molecule has 3 heteroatoms. The van der Waals surface area contributed by atoms with Gasteiger partial charge in [-0.1, -0.05) is 12.2 Å². The quantitative estimate of drug-likeness (QED) is 0.368. The number of Topliss-reactive ketones (excluding diaryl/α,β-unsaturated/α-hetero) is 2. The molecule has 0 heterocycles. The van der Waals surface area contributed by atoms with E-state index in [4.69, 9.17) is 12.2 Å². The van der Waals surface area contributed by atoms with Gasteiger partial charge in [0.15, 0.2) is 5.78 Å². The zero-order chi connectivity index (χ0) is 6.85. The van der Waals surface area contributed by atoms with Crippen molar-refractivity contribution >= 4 is 28.6 Å². The fourth-order valence-corrected chi connectivity index (χ4v) is 0.992. The number of carbonyl (C=O) groups excluding carboxylic acids is 2. The van der Waals surface area contributed by atoms with Crippen LogP contribution in [0, 0.1) is 0 Å². The zero-order valence-electron chi connectivity index (χ0n) is 4.85. The van der Waals surface area contributed by atoms with Gasteiger partial charge in [-0.15, -0.1) is 0 Å². The fourth-order valence-electron chi connectivity index (χ4n) is 0.758. The van der Waals surface area contributed by atoms with Crippen LogP contribution in [0.25, 0.3) is 0 Å². The third-order valence-electron chi connectivity index (χ3n) is 1.30. The Morgan fingerprint density at radius 1 is 1.11 bits per heavy atom. The van der Waals surface area contributed by atoms with Crippen molar-refractivity contribution in [3.63, 3.8) is 0 Å². The Kier molecular flexibility index (Phi) is 1.71. The molecule has 1 aliphatic carbocycles. The highest BCUT2D eigenvalue weighted by Crippen LogP contribution is 2.08. The summed E-state index contributed by atoms with van der Waals surface area (Å²) in [6, 6.07) is 0. The van der Waals surface area contributed by atoms with Crippen LogP contribution in [0.15, 0.2) is 0 Å². The van der Waals surface area contributed by atoms with E-state index in [1.165, 1.54) is 0 Å². The van der Waals surface area contributed by atoms with E-state index in [1.54, 1.807) is 0 Å². The van der Waals surface area contributed by atoms with Crippen LogP contribution in [-0.4, -0.2) is 16.4 Å². The summed E-state index contributed by atoms with van der Waals surface area (Å²) in [5.41, 5.74) is 0. The van der Waals surface area contributed by atoms with Crippen molar-refractivity contribution in [2.24, 2.45) is 0 Å². The van der Waals surface area contributed by atoms with E-state index >= 15 is 0 Å². The van der Waals surface area contributed by atoms with E-state index in [-0.39, 0.29) is 18.0 Å². The minimum absolute atomic E-state index is 0.203. The predicted molar refractivity (Wildman–Crippen MR) is 36.5 cm³/mol. The van der Waals surface area contributed by atoms with Crippen molar-refractivity contribution in [2.75, 3.05) is 0 Å². The van der Waals surface area contributed by atoms with Crippen molar-refractivity contribution in [2.45, 2.75) is 19.3 Å². The lowest BCUT2D eigenvalue weighted by atomic mass is 9.98. The van der Waals surface area contributed by atoms with Gasteiger partial charge in [0.2, 0.25) is 5.78 Å². The number of thiocarbonyl (C=S) groups is 1. The molecule has 0 bridgehead atoms. The molecule has 0 atom stereocenters. The second kappa shape index (κ2) is 2.35. The minimum atomic E-state index is -0.314. The van der Waals surface area contributed by atoms with Gasteiger partial charge in [0.1, 0.15) is 0 Å². The number of ketones is 2. The topological polar surface area (TPSA) is 34.1 Å². The molecule has 1 aliphatic rings. The lowest BCUT2D eigenvalue weighted by molar-refractivity contribution is -0.136. The van der Waals surface area contributed by atoms with Crippen molar-refractivity contribution < 1.29 is 9.59 Å². The second-order valence-corrected chi connectivity index (χ2v) is 2.64. The van der Waals surface area contributed by atoms with Gasteiger partial charge in [0.05, 0.1) is 0 Å². The summed E-state index contributed by atoms with van der Waals surface area (Å²) in [6.45, 7) is 0. The third-order valence-corrected chi connectivity index (χ3v) is 1.65. The highest BCUT2D eigenvalue weighted by Gasteiger charge is 2.20. The van der Waals surface area contributed by atoms with E-state index in [0.717, 1.165) is 4.86 Å². The molecular weight excluding hydrogens is 136 g/mol. The summed E-state index contributed by atoms with van der Waals surface area (Å²) in [7, 11) is 0. The first-order valence-electron chi connectivity index (χ1n) is 2.78. The zero-order valence-corrected chi connectivity index (χ0v) is 5.66. The first-order chi connectivity index (χ1) is 4.20. The molecule has 0 spiro atoms. The molecule has 0 aromatic carbocycles. The molecule has 1 fully saturated rings. The van der Waals surface area contributed by atoms with Crippen LogP contribution < -0.4 is 0 Å². The summed E-state index contributed by atoms with van der Waals surface area (Å²) in [6.07, 6.45) is 1.16. The molecule has 0 amide bonds. The van der Waals surface area contributed by atoms with E-state index in [0.29, 0.717) is 12.8 Å². The Labute approximate surface area is 58.2 Å². The normalized spacial score (nSPS) is 20.7. The van der Waals surface area contributed by atoms with Gasteiger partial charge in [0, 0.05) is 17.7 Å². The average molecular weight is 142 g/mol. The molecule has 0 aromatic rings. The Hall–Kier alpha value is -0.570. The fraction of sp³-hybridized carbons (Fsp3) is 0.500. The van der Waals surface area contributed by atoms with Gasteiger partial charge in [-0.05, 0) is 6.42 Å². The summed E-state index contributed by atoms with van der Waals surface area (Å²) >= 11 is 4.76. The molecule has 0 unspecified atom stereocenters. The van der Waals surface area contributed by atoms with Crippen LogP contribution in [0.4, 0.5) is 0 Å². The molecular formula is C6H6O2S. The largest absolute Gasteiger partial charge is 0.291 e. The monoisotopic (exact) mass is 142 g/mol. The molecule has 0 saturated heterocycles. The van der Waals surface area contributed by atoms with Crippen LogP contribution in [0.5, 0.6) is 0 Å². The van der Waals surface area contributed by atoms with Gasteiger partial charge in [-0.25, -0.2) is 0 Å². The van der Waals surface area contributed by atoms with Crippen LogP contribution in [0.3, 0.4) is 0 Å². The Bertz CT molecular complexity index is 183. The summed E-state index contributed by atoms with van der Waals surface area (Å²) in [5.74, 6) is -0.574. The Morgan fingerprint density at radius 2 is 1.78 bits per heavy atom. The maximum atomic E-state index is 10.6. The average Bonchev–Trinajstić information content (AvgIpc) is 1.80. The van der Waals surface area contributed by atoms with E-state index in [1.807, 2.05) is 0 Å². The number of hydrogen-bond acceptors (Lipinski definition) is 3. The smallest absolute Gasteiger partial charge is 0.203 e. The Morgan fingerprint density at radius 3 is 2.22 bits per heavy atom. The SMILES string of the molecule is O=C1CCC(=S)CC1=O. The summed E-state index contributed by atoms with van der Waals surface area (Å²) in [4.78, 5) is 21.8. The molecule has 0 N–H and O–H groups in total. The van der Waals surface area contributed by atoms with Crippen molar-refractivity contribution in [3.05, 3.63) is 0 Å². The van der Waals surface area contributed by atoms with Crippen LogP contribution >= 0.6 is 12.2 Å². The first-order valence-corrected chi connectivity index (χ1v) is 3.18. The van der Waals surface area contributed by atoms with Crippen molar-refractivity contribution in [1.82, 2.24) is 0 Å². The van der Waals surface area contributed by atoms with Gasteiger partial charge >= 0.3 is 0 Å². The number of rotatable bonds is 0. The van der Waals surface area contributed by atoms with E-state index in [9.17, 15) is 9.59 Å². The lowest BCUT2D eigenvalue weighted by Crippen LogP contribution is -2.23.